The molecule has 1 fully saturated rings. The number of hydrogen-bond acceptors (Lipinski definition) is 5. The first-order chi connectivity index (χ1) is 16.7. The van der Waals surface area contributed by atoms with E-state index < -0.39 is 0 Å². The number of pyridine rings is 1. The van der Waals surface area contributed by atoms with Crippen molar-refractivity contribution in [2.75, 3.05) is 37.4 Å². The van der Waals surface area contributed by atoms with Gasteiger partial charge in [0.15, 0.2) is 5.43 Å². The number of carbonyl (C=O) groups excluding carboxylic acids is 1. The molecule has 0 unspecified atom stereocenters. The fraction of sp³-hybridized carbons (Fsp3) is 0.556. The summed E-state index contributed by atoms with van der Waals surface area (Å²) in [4.78, 5) is 33.8. The van der Waals surface area contributed by atoms with Crippen molar-refractivity contribution >= 4 is 29.0 Å². The van der Waals surface area contributed by atoms with E-state index in [9.17, 15) is 9.59 Å². The van der Waals surface area contributed by atoms with Crippen LogP contribution in [0.5, 0.6) is 0 Å². The van der Waals surface area contributed by atoms with Gasteiger partial charge in [0.25, 0.3) is 5.91 Å². The Morgan fingerprint density at radius 1 is 1.09 bits per heavy atom. The van der Waals surface area contributed by atoms with Gasteiger partial charge in [0.2, 0.25) is 0 Å². The number of aromatic amines is 1. The molecule has 3 N–H and O–H groups in total. The molecule has 7 nitrogen and oxygen atoms in total. The Morgan fingerprint density at radius 3 is 2.34 bits per heavy atom. The number of aryl methyl sites for hydroxylation is 1. The van der Waals surface area contributed by atoms with E-state index in [2.05, 4.69) is 46.4 Å². The molecule has 0 atom stereocenters. The number of nitrogens with one attached hydrogen (secondary N) is 3. The number of halogens is 1. The van der Waals surface area contributed by atoms with Gasteiger partial charge in [0.1, 0.15) is 5.82 Å². The van der Waals surface area contributed by atoms with Gasteiger partial charge in [-0.25, -0.2) is 0 Å². The number of H-pyrrole nitrogens is 1. The van der Waals surface area contributed by atoms with Crippen molar-refractivity contribution < 1.29 is 4.79 Å². The molecule has 0 spiro atoms. The van der Waals surface area contributed by atoms with Crippen LogP contribution in [-0.2, 0) is 6.54 Å². The zero-order chi connectivity index (χ0) is 25.7. The molecule has 1 aliphatic rings. The maximum Gasteiger partial charge on any atom is 0.251 e. The maximum atomic E-state index is 13.3. The molecule has 3 rings (SSSR count). The minimum Gasteiger partial charge on any atom is -0.372 e. The van der Waals surface area contributed by atoms with Crippen LogP contribution in [0.4, 0.5) is 11.5 Å². The second kappa shape index (κ2) is 12.0. The monoisotopic (exact) mass is 501 g/mol. The fourth-order valence-electron chi connectivity index (χ4n) is 5.19. The maximum absolute atomic E-state index is 13.3. The van der Waals surface area contributed by atoms with E-state index in [-0.39, 0.29) is 17.9 Å². The topological polar surface area (TPSA) is 80.5 Å². The number of hydrogen-bond donors (Lipinski definition) is 3. The second-order valence-corrected chi connectivity index (χ2v) is 10.1. The largest absolute Gasteiger partial charge is 0.372 e. The van der Waals surface area contributed by atoms with Gasteiger partial charge in [-0.1, -0.05) is 11.6 Å². The van der Waals surface area contributed by atoms with E-state index in [0.29, 0.717) is 40.6 Å². The van der Waals surface area contributed by atoms with Crippen molar-refractivity contribution in [1.29, 1.82) is 0 Å². The molecule has 1 heterocycles. The lowest BCUT2D eigenvalue weighted by molar-refractivity contribution is 0.0950. The molecule has 35 heavy (non-hydrogen) atoms. The molecule has 0 bridgehead atoms. The summed E-state index contributed by atoms with van der Waals surface area (Å²) >= 11 is 6.52. The third-order valence-corrected chi connectivity index (χ3v) is 7.34. The number of rotatable bonds is 9. The van der Waals surface area contributed by atoms with Gasteiger partial charge in [-0.15, -0.1) is 0 Å². The normalized spacial score (nSPS) is 17.9. The molecule has 0 aliphatic heterocycles. The Hall–Kier alpha value is -2.51. The van der Waals surface area contributed by atoms with Crippen molar-refractivity contribution in [3.05, 3.63) is 55.8 Å². The smallest absolute Gasteiger partial charge is 0.251 e. The van der Waals surface area contributed by atoms with E-state index in [1.807, 2.05) is 26.8 Å². The lowest BCUT2D eigenvalue weighted by atomic mass is 9.89. The Kier molecular flexibility index (Phi) is 9.25. The van der Waals surface area contributed by atoms with Crippen molar-refractivity contribution in [2.24, 2.45) is 0 Å². The minimum atomic E-state index is -0.235. The van der Waals surface area contributed by atoms with Crippen molar-refractivity contribution in [2.45, 2.75) is 72.0 Å². The molecule has 192 valence electrons. The first kappa shape index (κ1) is 27.1. The lowest BCUT2D eigenvalue weighted by Crippen LogP contribution is -2.42. The summed E-state index contributed by atoms with van der Waals surface area (Å²) in [6.07, 6.45) is 4.57. The average molecular weight is 502 g/mol. The molecule has 1 aromatic heterocycles. The van der Waals surface area contributed by atoms with E-state index in [4.69, 9.17) is 11.6 Å². The summed E-state index contributed by atoms with van der Waals surface area (Å²) < 4.78 is 0. The number of carbonyl (C=O) groups is 1. The zero-order valence-corrected chi connectivity index (χ0v) is 22.7. The highest BCUT2D eigenvalue weighted by molar-refractivity contribution is 6.31. The van der Waals surface area contributed by atoms with Crippen LogP contribution in [0.15, 0.2) is 23.0 Å². The van der Waals surface area contributed by atoms with Crippen LogP contribution in [0.1, 0.15) is 66.7 Å². The molecule has 0 saturated heterocycles. The lowest BCUT2D eigenvalue weighted by Gasteiger charge is -2.40. The Labute approximate surface area is 214 Å². The van der Waals surface area contributed by atoms with Gasteiger partial charge in [0.05, 0.1) is 12.1 Å². The zero-order valence-electron chi connectivity index (χ0n) is 21.9. The summed E-state index contributed by atoms with van der Waals surface area (Å²) in [5.41, 5.74) is 3.65. The third kappa shape index (κ3) is 6.39. The number of anilines is 2. The standard InChI is InChI=1S/C27H40ClN5O2/c1-7-29-26-23(25(34)13-17(3)31-26)16-30-27(35)22-14-19(28)15-24(18(22)4)33(8-2)21-11-9-20(10-12-21)32(5)6/h13-15,20-21H,7-12,16H2,1-6H3,(H,30,35)(H2,29,31,34)/t20-,21-. The van der Waals surface area contributed by atoms with E-state index in [1.165, 1.54) is 12.8 Å². The van der Waals surface area contributed by atoms with E-state index >= 15 is 0 Å². The van der Waals surface area contributed by atoms with Gasteiger partial charge >= 0.3 is 0 Å². The van der Waals surface area contributed by atoms with Crippen LogP contribution in [0.2, 0.25) is 5.02 Å². The van der Waals surface area contributed by atoms with E-state index in [1.54, 1.807) is 12.1 Å². The van der Waals surface area contributed by atoms with Crippen LogP contribution in [0.25, 0.3) is 0 Å². The Balaban J connectivity index is 1.82. The first-order valence-corrected chi connectivity index (χ1v) is 13.0. The SMILES string of the molecule is CCNc1[nH]c(C)cc(=O)c1CNC(=O)c1cc(Cl)cc(N(CC)[C@H]2CC[C@H](N(C)C)CC2)c1C. The van der Waals surface area contributed by atoms with Crippen LogP contribution >= 0.6 is 11.6 Å². The predicted molar refractivity (Wildman–Crippen MR) is 146 cm³/mol. The highest BCUT2D eigenvalue weighted by atomic mass is 35.5. The van der Waals surface area contributed by atoms with Gasteiger partial charge < -0.3 is 25.4 Å². The molecule has 1 aromatic carbocycles. The molecule has 1 amide bonds. The number of nitrogens with zero attached hydrogens (tertiary/aromatic N) is 2. The summed E-state index contributed by atoms with van der Waals surface area (Å²) in [6, 6.07) is 6.30. The van der Waals surface area contributed by atoms with Crippen LogP contribution < -0.4 is 21.0 Å². The van der Waals surface area contributed by atoms with Gasteiger partial charge in [-0.05, 0) is 85.2 Å². The molecular weight excluding hydrogens is 462 g/mol. The second-order valence-electron chi connectivity index (χ2n) is 9.69. The molecule has 1 saturated carbocycles. The van der Waals surface area contributed by atoms with E-state index in [0.717, 1.165) is 36.3 Å². The van der Waals surface area contributed by atoms with Gasteiger partial charge in [-0.3, -0.25) is 9.59 Å². The van der Waals surface area contributed by atoms with Crippen LogP contribution in [0, 0.1) is 13.8 Å². The molecule has 1 aliphatic carbocycles. The molecule has 0 radical (unpaired) electrons. The summed E-state index contributed by atoms with van der Waals surface area (Å²) in [5, 5.41) is 6.66. The Morgan fingerprint density at radius 2 is 1.74 bits per heavy atom. The molecule has 2 aromatic rings. The summed E-state index contributed by atoms with van der Waals surface area (Å²) in [6.45, 7) is 9.59. The van der Waals surface area contributed by atoms with Crippen LogP contribution in [-0.4, -0.2) is 55.1 Å². The van der Waals surface area contributed by atoms with Gasteiger partial charge in [0, 0.05) is 53.2 Å². The van der Waals surface area contributed by atoms with Crippen molar-refractivity contribution in [3.63, 3.8) is 0 Å². The summed E-state index contributed by atoms with van der Waals surface area (Å²) in [5.74, 6) is 0.410. The molecule has 8 heteroatoms. The minimum absolute atomic E-state index is 0.105. The first-order valence-electron chi connectivity index (χ1n) is 12.6. The highest BCUT2D eigenvalue weighted by Crippen LogP contribution is 2.34. The highest BCUT2D eigenvalue weighted by Gasteiger charge is 2.28. The van der Waals surface area contributed by atoms with Crippen molar-refractivity contribution in [3.8, 4) is 0 Å². The Bertz CT molecular complexity index is 1090. The van der Waals surface area contributed by atoms with Crippen LogP contribution in [0.3, 0.4) is 0 Å². The quantitative estimate of drug-likeness (QED) is 0.464. The number of amides is 1. The average Bonchev–Trinajstić information content (AvgIpc) is 2.81. The van der Waals surface area contributed by atoms with Gasteiger partial charge in [-0.2, -0.15) is 0 Å². The number of benzene rings is 1. The van der Waals surface area contributed by atoms with Crippen molar-refractivity contribution in [1.82, 2.24) is 15.2 Å². The third-order valence-electron chi connectivity index (χ3n) is 7.13. The fourth-order valence-corrected chi connectivity index (χ4v) is 5.41. The predicted octanol–water partition coefficient (Wildman–Crippen LogP) is 4.71. The number of aromatic nitrogens is 1. The summed E-state index contributed by atoms with van der Waals surface area (Å²) in [7, 11) is 4.31. The molecular formula is C27H40ClN5O2.